The molecule has 0 fully saturated rings. The van der Waals surface area contributed by atoms with E-state index in [1.54, 1.807) is 25.1 Å². The van der Waals surface area contributed by atoms with Gasteiger partial charge < -0.3 is 5.32 Å². The fraction of sp³-hybridized carbons (Fsp3) is 0.167. The SMILES string of the molecule is Cc1c(NCc2ccc([N+](=O)[O-])s2)cccc1S(N)(=O)=O. The fourth-order valence-electron chi connectivity index (χ4n) is 1.86. The molecule has 1 heterocycles. The van der Waals surface area contributed by atoms with Gasteiger partial charge in [-0.15, -0.1) is 0 Å². The summed E-state index contributed by atoms with van der Waals surface area (Å²) in [4.78, 5) is 11.0. The summed E-state index contributed by atoms with van der Waals surface area (Å²) in [7, 11) is -3.77. The first-order chi connectivity index (χ1) is 9.79. The van der Waals surface area contributed by atoms with E-state index >= 15 is 0 Å². The number of nitrogens with zero attached hydrogens (tertiary/aromatic N) is 1. The number of sulfonamides is 1. The number of hydrogen-bond donors (Lipinski definition) is 2. The lowest BCUT2D eigenvalue weighted by Crippen LogP contribution is -2.14. The smallest absolute Gasteiger partial charge is 0.324 e. The van der Waals surface area contributed by atoms with Crippen LogP contribution in [0.5, 0.6) is 0 Å². The number of thiophene rings is 1. The van der Waals surface area contributed by atoms with Crippen LogP contribution in [0.1, 0.15) is 10.4 Å². The summed E-state index contributed by atoms with van der Waals surface area (Å²) < 4.78 is 22.9. The molecule has 0 bridgehead atoms. The maximum atomic E-state index is 11.4. The average molecular weight is 327 g/mol. The van der Waals surface area contributed by atoms with Crippen molar-refractivity contribution < 1.29 is 13.3 Å². The third-order valence-corrected chi connectivity index (χ3v) is 4.96. The highest BCUT2D eigenvalue weighted by Crippen LogP contribution is 2.26. The second-order valence-electron chi connectivity index (χ2n) is 4.32. The lowest BCUT2D eigenvalue weighted by atomic mass is 10.2. The lowest BCUT2D eigenvalue weighted by Gasteiger charge is -2.11. The maximum Gasteiger partial charge on any atom is 0.324 e. The molecule has 0 spiro atoms. The molecule has 1 aromatic heterocycles. The normalized spacial score (nSPS) is 11.3. The number of rotatable bonds is 5. The summed E-state index contributed by atoms with van der Waals surface area (Å²) in [6.07, 6.45) is 0. The second-order valence-corrected chi connectivity index (χ2v) is 7.00. The van der Waals surface area contributed by atoms with E-state index in [0.29, 0.717) is 17.8 Å². The zero-order valence-electron chi connectivity index (χ0n) is 11.1. The standard InChI is InChI=1S/C12H13N3O4S2/c1-8-10(3-2-4-11(8)21(13,18)19)14-7-9-5-6-12(20-9)15(16)17/h2-6,14H,7H2,1H3,(H2,13,18,19). The molecule has 9 heteroatoms. The molecule has 0 aliphatic carbocycles. The molecule has 0 radical (unpaired) electrons. The van der Waals surface area contributed by atoms with Crippen molar-refractivity contribution in [1.82, 2.24) is 0 Å². The van der Waals surface area contributed by atoms with Crippen LogP contribution in [0.25, 0.3) is 0 Å². The Morgan fingerprint density at radius 1 is 1.33 bits per heavy atom. The van der Waals surface area contributed by atoms with Gasteiger partial charge in [0.05, 0.1) is 9.82 Å². The van der Waals surface area contributed by atoms with Gasteiger partial charge >= 0.3 is 5.00 Å². The quantitative estimate of drug-likeness (QED) is 0.645. The summed E-state index contributed by atoms with van der Waals surface area (Å²) >= 11 is 1.07. The summed E-state index contributed by atoms with van der Waals surface area (Å²) in [5.41, 5.74) is 1.14. The Labute approximate surface area is 125 Å². The van der Waals surface area contributed by atoms with E-state index in [2.05, 4.69) is 5.32 Å². The zero-order valence-corrected chi connectivity index (χ0v) is 12.7. The molecule has 3 N–H and O–H groups in total. The minimum atomic E-state index is -3.77. The van der Waals surface area contributed by atoms with E-state index < -0.39 is 14.9 Å². The topological polar surface area (TPSA) is 115 Å². The van der Waals surface area contributed by atoms with Crippen LogP contribution >= 0.6 is 11.3 Å². The van der Waals surface area contributed by atoms with Crippen molar-refractivity contribution in [1.29, 1.82) is 0 Å². The molecule has 0 atom stereocenters. The van der Waals surface area contributed by atoms with Gasteiger partial charge in [-0.05, 0) is 30.7 Å². The maximum absolute atomic E-state index is 11.4. The molecule has 7 nitrogen and oxygen atoms in total. The van der Waals surface area contributed by atoms with Crippen LogP contribution in [0.3, 0.4) is 0 Å². The predicted octanol–water partition coefficient (Wildman–Crippen LogP) is 2.22. The van der Waals surface area contributed by atoms with Crippen molar-refractivity contribution in [2.75, 3.05) is 5.32 Å². The van der Waals surface area contributed by atoms with Crippen LogP contribution in [0.15, 0.2) is 35.2 Å². The molecule has 1 aromatic carbocycles. The number of primary sulfonamides is 1. The number of nitro groups is 1. The lowest BCUT2D eigenvalue weighted by molar-refractivity contribution is -0.380. The molecular formula is C12H13N3O4S2. The fourth-order valence-corrected chi connectivity index (χ4v) is 3.42. The highest BCUT2D eigenvalue weighted by Gasteiger charge is 2.14. The number of hydrogen-bond acceptors (Lipinski definition) is 6. The van der Waals surface area contributed by atoms with Gasteiger partial charge in [-0.2, -0.15) is 0 Å². The van der Waals surface area contributed by atoms with Crippen molar-refractivity contribution in [2.45, 2.75) is 18.4 Å². The first kappa shape index (κ1) is 15.4. The molecule has 112 valence electrons. The Balaban J connectivity index is 2.18. The molecule has 2 rings (SSSR count). The Bertz CT molecular complexity index is 784. The number of anilines is 1. The summed E-state index contributed by atoms with van der Waals surface area (Å²) in [6, 6.07) is 7.85. The summed E-state index contributed by atoms with van der Waals surface area (Å²) in [5.74, 6) is 0. The minimum absolute atomic E-state index is 0.0599. The molecule has 0 aliphatic rings. The molecule has 0 saturated carbocycles. The van der Waals surface area contributed by atoms with Crippen molar-refractivity contribution in [3.8, 4) is 0 Å². The molecule has 0 unspecified atom stereocenters. The average Bonchev–Trinajstić information content (AvgIpc) is 2.85. The molecular weight excluding hydrogens is 314 g/mol. The van der Waals surface area contributed by atoms with E-state index in [9.17, 15) is 18.5 Å². The summed E-state index contributed by atoms with van der Waals surface area (Å²) in [5, 5.41) is 18.9. The minimum Gasteiger partial charge on any atom is -0.380 e. The Hall–Kier alpha value is -1.97. The van der Waals surface area contributed by atoms with Crippen LogP contribution in [-0.4, -0.2) is 13.3 Å². The summed E-state index contributed by atoms with van der Waals surface area (Å²) in [6.45, 7) is 2.02. The zero-order chi connectivity index (χ0) is 15.6. The van der Waals surface area contributed by atoms with Crippen LogP contribution in [-0.2, 0) is 16.6 Å². The number of benzene rings is 1. The molecule has 21 heavy (non-hydrogen) atoms. The molecule has 0 saturated heterocycles. The van der Waals surface area contributed by atoms with Gasteiger partial charge in [0, 0.05) is 23.2 Å². The molecule has 0 aliphatic heterocycles. The first-order valence-electron chi connectivity index (χ1n) is 5.88. The van der Waals surface area contributed by atoms with Crippen LogP contribution < -0.4 is 10.5 Å². The van der Waals surface area contributed by atoms with Crippen molar-refractivity contribution >= 4 is 32.0 Å². The molecule has 2 aromatic rings. The molecule has 0 amide bonds. The highest BCUT2D eigenvalue weighted by atomic mass is 32.2. The van der Waals surface area contributed by atoms with Crippen molar-refractivity contribution in [2.24, 2.45) is 5.14 Å². The van der Waals surface area contributed by atoms with Gasteiger partial charge in [-0.1, -0.05) is 17.4 Å². The van der Waals surface area contributed by atoms with Crippen molar-refractivity contribution in [3.63, 3.8) is 0 Å². The number of nitrogens with two attached hydrogens (primary N) is 1. The van der Waals surface area contributed by atoms with Crippen LogP contribution in [0.2, 0.25) is 0 Å². The van der Waals surface area contributed by atoms with Crippen LogP contribution in [0.4, 0.5) is 10.7 Å². The predicted molar refractivity (Wildman–Crippen MR) is 80.9 cm³/mol. The third kappa shape index (κ3) is 3.57. The van der Waals surface area contributed by atoms with Crippen LogP contribution in [0, 0.1) is 17.0 Å². The first-order valence-corrected chi connectivity index (χ1v) is 8.24. The van der Waals surface area contributed by atoms with Gasteiger partial charge in [0.15, 0.2) is 0 Å². The van der Waals surface area contributed by atoms with Gasteiger partial charge in [0.25, 0.3) is 0 Å². The van der Waals surface area contributed by atoms with Gasteiger partial charge in [-0.3, -0.25) is 10.1 Å². The van der Waals surface area contributed by atoms with E-state index in [1.807, 2.05) is 0 Å². The van der Waals surface area contributed by atoms with E-state index in [0.717, 1.165) is 16.2 Å². The van der Waals surface area contributed by atoms with Gasteiger partial charge in [0.1, 0.15) is 0 Å². The highest BCUT2D eigenvalue weighted by molar-refractivity contribution is 7.89. The monoisotopic (exact) mass is 327 g/mol. The Kier molecular flexibility index (Phi) is 4.26. The third-order valence-electron chi connectivity index (χ3n) is 2.87. The van der Waals surface area contributed by atoms with Crippen molar-refractivity contribution in [3.05, 3.63) is 50.9 Å². The number of nitrogens with one attached hydrogen (secondary N) is 1. The Morgan fingerprint density at radius 3 is 2.62 bits per heavy atom. The van der Waals surface area contributed by atoms with E-state index in [1.165, 1.54) is 12.1 Å². The van der Waals surface area contributed by atoms with Gasteiger partial charge in [-0.25, -0.2) is 13.6 Å². The van der Waals surface area contributed by atoms with Gasteiger partial charge in [0.2, 0.25) is 10.0 Å². The largest absolute Gasteiger partial charge is 0.380 e. The Morgan fingerprint density at radius 2 is 2.05 bits per heavy atom. The second kappa shape index (κ2) is 5.80. The van der Waals surface area contributed by atoms with E-state index in [-0.39, 0.29) is 9.90 Å². The van der Waals surface area contributed by atoms with E-state index in [4.69, 9.17) is 5.14 Å².